The average molecular weight is 319 g/mol. The van der Waals surface area contributed by atoms with Crippen LogP contribution in [-0.2, 0) is 4.79 Å². The van der Waals surface area contributed by atoms with Gasteiger partial charge in [-0.15, -0.1) is 11.3 Å². The third kappa shape index (κ3) is 2.76. The van der Waals surface area contributed by atoms with Gasteiger partial charge in [-0.25, -0.2) is 9.78 Å². The summed E-state index contributed by atoms with van der Waals surface area (Å²) in [6, 6.07) is 13.2. The Kier molecular flexibility index (Phi) is 3.85. The number of para-hydroxylation sites is 1. The molecule has 0 radical (unpaired) electrons. The van der Waals surface area contributed by atoms with Crippen LogP contribution in [0.3, 0.4) is 0 Å². The topological polar surface area (TPSA) is 42.3 Å². The summed E-state index contributed by atoms with van der Waals surface area (Å²) in [5.41, 5.74) is 1.48. The van der Waals surface area contributed by atoms with Crippen LogP contribution in [0.15, 0.2) is 56.7 Å². The first-order chi connectivity index (χ1) is 9.76. The first-order valence-corrected chi connectivity index (χ1v) is 7.68. The first-order valence-electron chi connectivity index (χ1n) is 5.67. The Balaban J connectivity index is 2.00. The molecule has 0 saturated heterocycles. The lowest BCUT2D eigenvalue weighted by molar-refractivity contribution is 0.565. The van der Waals surface area contributed by atoms with Crippen LogP contribution in [0.2, 0.25) is 5.02 Å². The maximum absolute atomic E-state index is 10.5. The Morgan fingerprint density at radius 1 is 1.25 bits per heavy atom. The number of aromatic nitrogens is 1. The zero-order valence-corrected chi connectivity index (χ0v) is 12.4. The molecule has 0 saturated carbocycles. The number of hydrogen-bond acceptors (Lipinski definition) is 5. The highest BCUT2D eigenvalue weighted by molar-refractivity contribution is 8.01. The molecule has 6 heteroatoms. The molecule has 1 aromatic heterocycles. The van der Waals surface area contributed by atoms with Crippen molar-refractivity contribution in [1.82, 2.24) is 4.98 Å². The highest BCUT2D eigenvalue weighted by atomic mass is 35.5. The second-order valence-corrected chi connectivity index (χ2v) is 6.62. The maximum Gasteiger partial charge on any atom is 0.240 e. The molecule has 20 heavy (non-hydrogen) atoms. The molecule has 98 valence electrons. The number of carbonyl (C=O) groups excluding carboxylic acids is 1. The van der Waals surface area contributed by atoms with Gasteiger partial charge in [-0.1, -0.05) is 35.5 Å². The van der Waals surface area contributed by atoms with Gasteiger partial charge >= 0.3 is 0 Å². The van der Waals surface area contributed by atoms with Crippen LogP contribution in [0.5, 0.6) is 0 Å². The highest BCUT2D eigenvalue weighted by Gasteiger charge is 2.09. The molecule has 3 rings (SSSR count). The van der Waals surface area contributed by atoms with Crippen molar-refractivity contribution in [1.29, 1.82) is 0 Å². The Labute approximate surface area is 128 Å². The Morgan fingerprint density at radius 3 is 2.90 bits per heavy atom. The van der Waals surface area contributed by atoms with Crippen molar-refractivity contribution in [2.24, 2.45) is 4.99 Å². The van der Waals surface area contributed by atoms with Gasteiger partial charge in [0.25, 0.3) is 0 Å². The number of benzene rings is 2. The monoisotopic (exact) mass is 318 g/mol. The van der Waals surface area contributed by atoms with Crippen LogP contribution >= 0.6 is 34.7 Å². The summed E-state index contributed by atoms with van der Waals surface area (Å²) in [7, 11) is 0. The second kappa shape index (κ2) is 5.77. The van der Waals surface area contributed by atoms with E-state index in [1.165, 1.54) is 11.8 Å². The number of nitrogens with zero attached hydrogens (tertiary/aromatic N) is 2. The molecule has 3 aromatic rings. The van der Waals surface area contributed by atoms with Gasteiger partial charge in [-0.2, -0.15) is 4.99 Å². The van der Waals surface area contributed by atoms with Crippen LogP contribution in [-0.4, -0.2) is 11.1 Å². The van der Waals surface area contributed by atoms with Crippen LogP contribution in [0.25, 0.3) is 10.2 Å². The molecule has 2 aromatic carbocycles. The van der Waals surface area contributed by atoms with E-state index in [9.17, 15) is 4.79 Å². The number of isocyanates is 1. The van der Waals surface area contributed by atoms with Crippen molar-refractivity contribution < 1.29 is 4.79 Å². The minimum atomic E-state index is 0.511. The number of aliphatic imine (C=N–C) groups is 1. The van der Waals surface area contributed by atoms with E-state index in [1.54, 1.807) is 29.5 Å². The largest absolute Gasteiger partial charge is 0.240 e. The summed E-state index contributed by atoms with van der Waals surface area (Å²) in [5, 5.41) is 0.535. The van der Waals surface area contributed by atoms with Gasteiger partial charge in [0, 0.05) is 9.92 Å². The summed E-state index contributed by atoms with van der Waals surface area (Å²) in [6.07, 6.45) is 1.55. The quantitative estimate of drug-likeness (QED) is 0.500. The van der Waals surface area contributed by atoms with Gasteiger partial charge in [0.1, 0.15) is 0 Å². The highest BCUT2D eigenvalue weighted by Crippen LogP contribution is 2.39. The van der Waals surface area contributed by atoms with Crippen LogP contribution in [0.1, 0.15) is 0 Å². The zero-order valence-electron chi connectivity index (χ0n) is 10.0. The smallest absolute Gasteiger partial charge is 0.229 e. The fraction of sp³-hybridized carbons (Fsp3) is 0. The summed E-state index contributed by atoms with van der Waals surface area (Å²) in [5.74, 6) is 0. The van der Waals surface area contributed by atoms with Gasteiger partial charge in [0.05, 0.1) is 15.9 Å². The lowest BCUT2D eigenvalue weighted by Gasteiger charge is -2.01. The van der Waals surface area contributed by atoms with Gasteiger partial charge in [0.15, 0.2) is 4.34 Å². The predicted octanol–water partition coefficient (Wildman–Crippen LogP) is 5.07. The van der Waals surface area contributed by atoms with Gasteiger partial charge in [0.2, 0.25) is 6.08 Å². The molecule has 0 aliphatic carbocycles. The van der Waals surface area contributed by atoms with Crippen molar-refractivity contribution in [3.63, 3.8) is 0 Å². The first kappa shape index (κ1) is 13.3. The number of halogens is 1. The molecule has 0 aliphatic rings. The molecule has 0 atom stereocenters. The van der Waals surface area contributed by atoms with Gasteiger partial charge in [-0.05, 0) is 30.3 Å². The molecule has 0 unspecified atom stereocenters. The third-order valence-electron chi connectivity index (χ3n) is 2.56. The molecule has 0 spiro atoms. The van der Waals surface area contributed by atoms with Crippen molar-refractivity contribution in [3.05, 3.63) is 47.5 Å². The normalized spacial score (nSPS) is 10.4. The van der Waals surface area contributed by atoms with E-state index in [0.717, 1.165) is 19.5 Å². The average Bonchev–Trinajstić information content (AvgIpc) is 2.84. The molecule has 3 nitrogen and oxygen atoms in total. The van der Waals surface area contributed by atoms with Crippen molar-refractivity contribution in [2.75, 3.05) is 0 Å². The van der Waals surface area contributed by atoms with E-state index in [-0.39, 0.29) is 0 Å². The van der Waals surface area contributed by atoms with Gasteiger partial charge < -0.3 is 0 Å². The van der Waals surface area contributed by atoms with Crippen molar-refractivity contribution >= 4 is 56.7 Å². The fourth-order valence-electron chi connectivity index (χ4n) is 1.70. The molecule has 0 aliphatic heterocycles. The lowest BCUT2D eigenvalue weighted by Crippen LogP contribution is -1.75. The fourth-order valence-corrected chi connectivity index (χ4v) is 3.95. The molecule has 0 N–H and O–H groups in total. The second-order valence-electron chi connectivity index (χ2n) is 3.86. The number of fused-ring (bicyclic) bond motifs is 1. The molecule has 0 amide bonds. The van der Waals surface area contributed by atoms with Crippen molar-refractivity contribution in [2.45, 2.75) is 9.24 Å². The summed E-state index contributed by atoms with van der Waals surface area (Å²) < 4.78 is 2.03. The maximum atomic E-state index is 10.5. The van der Waals surface area contributed by atoms with Gasteiger partial charge in [-0.3, -0.25) is 0 Å². The van der Waals surface area contributed by atoms with Crippen molar-refractivity contribution in [3.8, 4) is 0 Å². The van der Waals surface area contributed by atoms with Crippen LogP contribution in [0.4, 0.5) is 5.69 Å². The summed E-state index contributed by atoms with van der Waals surface area (Å²) in [6.45, 7) is 0. The predicted molar refractivity (Wildman–Crippen MR) is 83.0 cm³/mol. The molecule has 1 heterocycles. The standard InChI is InChI=1S/C14H7ClN2OS2/c15-9-5-6-13(11(7-9)16-8-18)20-14-17-10-3-1-2-4-12(10)19-14/h1-7H. The Hall–Kier alpha value is -1.65. The van der Waals surface area contributed by atoms with E-state index in [4.69, 9.17) is 11.6 Å². The number of hydrogen-bond donors (Lipinski definition) is 0. The third-order valence-corrected chi connectivity index (χ3v) is 4.96. The zero-order chi connectivity index (χ0) is 13.9. The van der Waals surface area contributed by atoms with E-state index in [0.29, 0.717) is 10.7 Å². The molecule has 0 fully saturated rings. The molecular weight excluding hydrogens is 312 g/mol. The molecular formula is C14H7ClN2OS2. The molecule has 0 bridgehead atoms. The lowest BCUT2D eigenvalue weighted by atomic mass is 10.3. The minimum absolute atomic E-state index is 0.511. The SMILES string of the molecule is O=C=Nc1cc(Cl)ccc1Sc1nc2ccccc2s1. The van der Waals surface area contributed by atoms with E-state index >= 15 is 0 Å². The van der Waals surface area contributed by atoms with Crippen LogP contribution in [0, 0.1) is 0 Å². The summed E-state index contributed by atoms with van der Waals surface area (Å²) >= 11 is 8.97. The summed E-state index contributed by atoms with van der Waals surface area (Å²) in [4.78, 5) is 19.5. The van der Waals surface area contributed by atoms with E-state index in [2.05, 4.69) is 9.98 Å². The Bertz CT molecular complexity index is 792. The van der Waals surface area contributed by atoms with Crippen LogP contribution < -0.4 is 0 Å². The van der Waals surface area contributed by atoms with E-state index in [1.807, 2.05) is 30.3 Å². The minimum Gasteiger partial charge on any atom is -0.229 e. The number of rotatable bonds is 3. The Morgan fingerprint density at radius 2 is 2.10 bits per heavy atom. The van der Waals surface area contributed by atoms with E-state index < -0.39 is 0 Å². The number of thiazole rings is 1.